The van der Waals surface area contributed by atoms with Crippen LogP contribution in [0.4, 0.5) is 17.5 Å². The fourth-order valence-corrected chi connectivity index (χ4v) is 2.99. The Morgan fingerprint density at radius 2 is 1.82 bits per heavy atom. The van der Waals surface area contributed by atoms with Gasteiger partial charge in [0.1, 0.15) is 11.6 Å². The molecule has 0 aliphatic rings. The lowest BCUT2D eigenvalue weighted by Crippen LogP contribution is -2.07. The van der Waals surface area contributed by atoms with Crippen LogP contribution in [0.5, 0.6) is 5.75 Å². The highest BCUT2D eigenvalue weighted by molar-refractivity contribution is 5.89. The minimum absolute atomic E-state index is 0.551. The Morgan fingerprint density at radius 1 is 1.04 bits per heavy atom. The van der Waals surface area contributed by atoms with Crippen molar-refractivity contribution in [2.75, 3.05) is 17.7 Å². The first-order chi connectivity index (χ1) is 13.6. The predicted molar refractivity (Wildman–Crippen MR) is 111 cm³/mol. The van der Waals surface area contributed by atoms with E-state index in [0.29, 0.717) is 18.3 Å². The molecule has 2 aromatic heterocycles. The molecule has 4 aromatic rings. The Bertz CT molecular complexity index is 1100. The standard InChI is InChI=1S/C21H22N6O/c1-14-6-4-5-7-15(14)12-22-21-25-19(18-13-23-27(2)20(18)26-21)24-16-8-10-17(28-3)11-9-16/h4-11,13H,12H2,1-3H3,(H2,22,24,25,26). The van der Waals surface area contributed by atoms with Crippen molar-refractivity contribution in [1.82, 2.24) is 19.7 Å². The summed E-state index contributed by atoms with van der Waals surface area (Å²) in [6.07, 6.45) is 1.77. The molecule has 7 heteroatoms. The Labute approximate surface area is 163 Å². The van der Waals surface area contributed by atoms with Crippen LogP contribution in [0.1, 0.15) is 11.1 Å². The molecule has 4 rings (SSSR count). The van der Waals surface area contributed by atoms with E-state index >= 15 is 0 Å². The number of nitrogens with one attached hydrogen (secondary N) is 2. The number of methoxy groups -OCH3 is 1. The lowest BCUT2D eigenvalue weighted by atomic mass is 10.1. The van der Waals surface area contributed by atoms with E-state index in [9.17, 15) is 0 Å². The first-order valence-electron chi connectivity index (χ1n) is 9.03. The van der Waals surface area contributed by atoms with Gasteiger partial charge >= 0.3 is 0 Å². The zero-order valence-corrected chi connectivity index (χ0v) is 16.1. The number of anilines is 3. The number of fused-ring (bicyclic) bond motifs is 1. The van der Waals surface area contributed by atoms with Crippen LogP contribution in [0.25, 0.3) is 11.0 Å². The van der Waals surface area contributed by atoms with E-state index in [1.54, 1.807) is 18.0 Å². The number of hydrogen-bond acceptors (Lipinski definition) is 6. The molecule has 2 N–H and O–H groups in total. The molecule has 0 amide bonds. The Hall–Kier alpha value is -3.61. The van der Waals surface area contributed by atoms with Crippen LogP contribution in [-0.2, 0) is 13.6 Å². The minimum Gasteiger partial charge on any atom is -0.497 e. The average molecular weight is 374 g/mol. The molecule has 0 bridgehead atoms. The summed E-state index contributed by atoms with van der Waals surface area (Å²) in [6, 6.07) is 16.0. The Morgan fingerprint density at radius 3 is 2.57 bits per heavy atom. The van der Waals surface area contributed by atoms with Gasteiger partial charge in [0.05, 0.1) is 18.7 Å². The van der Waals surface area contributed by atoms with Crippen molar-refractivity contribution >= 4 is 28.5 Å². The fraction of sp³-hybridized carbons (Fsp3) is 0.190. The lowest BCUT2D eigenvalue weighted by molar-refractivity contribution is 0.415. The van der Waals surface area contributed by atoms with E-state index in [0.717, 1.165) is 22.5 Å². The average Bonchev–Trinajstić information content (AvgIpc) is 3.09. The van der Waals surface area contributed by atoms with E-state index < -0.39 is 0 Å². The largest absolute Gasteiger partial charge is 0.497 e. The molecule has 0 aliphatic heterocycles. The number of aryl methyl sites for hydroxylation is 2. The normalized spacial score (nSPS) is 10.8. The van der Waals surface area contributed by atoms with Crippen LogP contribution in [0.2, 0.25) is 0 Å². The van der Waals surface area contributed by atoms with Gasteiger partial charge in [0.15, 0.2) is 5.65 Å². The molecular weight excluding hydrogens is 352 g/mol. The van der Waals surface area contributed by atoms with Gasteiger partial charge in [-0.05, 0) is 42.3 Å². The maximum atomic E-state index is 5.22. The molecule has 2 aromatic carbocycles. The molecule has 0 saturated carbocycles. The van der Waals surface area contributed by atoms with Crippen LogP contribution < -0.4 is 15.4 Å². The number of rotatable bonds is 6. The van der Waals surface area contributed by atoms with Crippen molar-refractivity contribution in [1.29, 1.82) is 0 Å². The second kappa shape index (κ2) is 7.56. The van der Waals surface area contributed by atoms with Crippen molar-refractivity contribution in [2.24, 2.45) is 7.05 Å². The Kier molecular flexibility index (Phi) is 4.80. The maximum Gasteiger partial charge on any atom is 0.227 e. The van der Waals surface area contributed by atoms with Gasteiger partial charge in [0.25, 0.3) is 0 Å². The Balaban J connectivity index is 1.64. The summed E-state index contributed by atoms with van der Waals surface area (Å²) in [6.45, 7) is 2.75. The fourth-order valence-electron chi connectivity index (χ4n) is 2.99. The number of ether oxygens (including phenoxy) is 1. The minimum atomic E-state index is 0.551. The highest BCUT2D eigenvalue weighted by Gasteiger charge is 2.12. The SMILES string of the molecule is COc1ccc(Nc2nc(NCc3ccccc3C)nc3c2cnn3C)cc1. The van der Waals surface area contributed by atoms with Crippen LogP contribution in [0, 0.1) is 6.92 Å². The first-order valence-corrected chi connectivity index (χ1v) is 9.03. The second-order valence-electron chi connectivity index (χ2n) is 6.53. The van der Waals surface area contributed by atoms with E-state index in [2.05, 4.69) is 44.8 Å². The molecule has 0 saturated heterocycles. The molecule has 0 unspecified atom stereocenters. The van der Waals surface area contributed by atoms with Crippen molar-refractivity contribution < 1.29 is 4.74 Å². The van der Waals surface area contributed by atoms with Gasteiger partial charge in [0, 0.05) is 19.3 Å². The van der Waals surface area contributed by atoms with Crippen molar-refractivity contribution in [3.8, 4) is 5.75 Å². The molecule has 28 heavy (non-hydrogen) atoms. The van der Waals surface area contributed by atoms with Gasteiger partial charge in [-0.15, -0.1) is 0 Å². The number of benzene rings is 2. The van der Waals surface area contributed by atoms with Crippen LogP contribution in [-0.4, -0.2) is 26.9 Å². The van der Waals surface area contributed by atoms with E-state index in [1.165, 1.54) is 11.1 Å². The summed E-state index contributed by atoms with van der Waals surface area (Å²) in [7, 11) is 3.52. The molecule has 0 radical (unpaired) electrons. The van der Waals surface area contributed by atoms with E-state index in [4.69, 9.17) is 4.74 Å². The van der Waals surface area contributed by atoms with Crippen LogP contribution in [0.15, 0.2) is 54.7 Å². The van der Waals surface area contributed by atoms with Crippen molar-refractivity contribution in [3.63, 3.8) is 0 Å². The third kappa shape index (κ3) is 3.59. The second-order valence-corrected chi connectivity index (χ2v) is 6.53. The van der Waals surface area contributed by atoms with Gasteiger partial charge in [0.2, 0.25) is 5.95 Å². The highest BCUT2D eigenvalue weighted by atomic mass is 16.5. The summed E-state index contributed by atoms with van der Waals surface area (Å²) < 4.78 is 6.96. The van der Waals surface area contributed by atoms with Crippen molar-refractivity contribution in [3.05, 3.63) is 65.9 Å². The third-order valence-electron chi connectivity index (χ3n) is 4.64. The van der Waals surface area contributed by atoms with Crippen molar-refractivity contribution in [2.45, 2.75) is 13.5 Å². The molecular formula is C21H22N6O. The molecule has 0 atom stereocenters. The smallest absolute Gasteiger partial charge is 0.227 e. The molecule has 142 valence electrons. The molecule has 0 fully saturated rings. The summed E-state index contributed by atoms with van der Waals surface area (Å²) >= 11 is 0. The zero-order valence-electron chi connectivity index (χ0n) is 16.1. The van der Waals surface area contributed by atoms with Gasteiger partial charge < -0.3 is 15.4 Å². The van der Waals surface area contributed by atoms with Gasteiger partial charge in [-0.25, -0.2) is 0 Å². The topological polar surface area (TPSA) is 76.9 Å². The number of nitrogens with zero attached hydrogens (tertiary/aromatic N) is 4. The monoisotopic (exact) mass is 374 g/mol. The summed E-state index contributed by atoms with van der Waals surface area (Å²) in [5, 5.41) is 11.9. The van der Waals surface area contributed by atoms with Crippen LogP contribution >= 0.6 is 0 Å². The zero-order chi connectivity index (χ0) is 19.5. The molecule has 7 nitrogen and oxygen atoms in total. The van der Waals surface area contributed by atoms with Gasteiger partial charge in [-0.1, -0.05) is 24.3 Å². The highest BCUT2D eigenvalue weighted by Crippen LogP contribution is 2.26. The molecule has 2 heterocycles. The van der Waals surface area contributed by atoms with Gasteiger partial charge in [-0.3, -0.25) is 4.68 Å². The maximum absolute atomic E-state index is 5.22. The summed E-state index contributed by atoms with van der Waals surface area (Å²) in [5.41, 5.74) is 4.11. The quantitative estimate of drug-likeness (QED) is 0.530. The van der Waals surface area contributed by atoms with E-state index in [1.807, 2.05) is 43.4 Å². The van der Waals surface area contributed by atoms with E-state index in [-0.39, 0.29) is 0 Å². The number of aromatic nitrogens is 4. The summed E-state index contributed by atoms with van der Waals surface area (Å²) in [4.78, 5) is 9.31. The number of hydrogen-bond donors (Lipinski definition) is 2. The predicted octanol–water partition coefficient (Wildman–Crippen LogP) is 4.04. The lowest BCUT2D eigenvalue weighted by Gasteiger charge is -2.11. The van der Waals surface area contributed by atoms with Gasteiger partial charge in [-0.2, -0.15) is 15.1 Å². The first kappa shape index (κ1) is 17.8. The van der Waals surface area contributed by atoms with Crippen LogP contribution in [0.3, 0.4) is 0 Å². The molecule has 0 spiro atoms. The summed E-state index contributed by atoms with van der Waals surface area (Å²) in [5.74, 6) is 2.06. The molecule has 0 aliphatic carbocycles. The third-order valence-corrected chi connectivity index (χ3v) is 4.64.